The molecule has 0 amide bonds. The molecule has 22 heavy (non-hydrogen) atoms. The van der Waals surface area contributed by atoms with Crippen molar-refractivity contribution in [1.29, 1.82) is 0 Å². The SMILES string of the molecule is CC(c1ccccc1)c1ncc(Cc2ccc(Cl)c(Cl)c2)[nH]1. The second-order valence-electron chi connectivity index (χ2n) is 5.35. The number of imidazole rings is 1. The number of nitrogens with one attached hydrogen (secondary N) is 1. The van der Waals surface area contributed by atoms with Gasteiger partial charge in [-0.3, -0.25) is 0 Å². The van der Waals surface area contributed by atoms with E-state index in [9.17, 15) is 0 Å². The molecule has 0 aliphatic rings. The first kappa shape index (κ1) is 15.1. The number of rotatable bonds is 4. The molecule has 4 heteroatoms. The molecule has 112 valence electrons. The van der Waals surface area contributed by atoms with E-state index in [0.717, 1.165) is 23.5 Å². The normalized spacial score (nSPS) is 12.3. The third kappa shape index (κ3) is 3.34. The molecule has 2 nitrogen and oxygen atoms in total. The number of aromatic nitrogens is 2. The van der Waals surface area contributed by atoms with Crippen LogP contribution in [-0.4, -0.2) is 9.97 Å². The van der Waals surface area contributed by atoms with Crippen molar-refractivity contribution in [2.75, 3.05) is 0 Å². The Morgan fingerprint density at radius 3 is 2.55 bits per heavy atom. The van der Waals surface area contributed by atoms with Crippen LogP contribution in [0.15, 0.2) is 54.7 Å². The highest BCUT2D eigenvalue weighted by molar-refractivity contribution is 6.42. The second kappa shape index (κ2) is 6.55. The van der Waals surface area contributed by atoms with E-state index >= 15 is 0 Å². The molecule has 1 atom stereocenters. The standard InChI is InChI=1S/C18H16Cl2N2/c1-12(14-5-3-2-4-6-14)18-21-11-15(22-18)9-13-7-8-16(19)17(20)10-13/h2-8,10-12H,9H2,1H3,(H,21,22). The molecule has 3 aromatic rings. The minimum atomic E-state index is 0.240. The van der Waals surface area contributed by atoms with Crippen LogP contribution < -0.4 is 0 Å². The molecule has 0 spiro atoms. The zero-order valence-corrected chi connectivity index (χ0v) is 13.7. The molecule has 1 unspecified atom stereocenters. The molecular formula is C18H16Cl2N2. The number of H-pyrrole nitrogens is 1. The van der Waals surface area contributed by atoms with E-state index in [2.05, 4.69) is 29.0 Å². The number of halogens is 2. The van der Waals surface area contributed by atoms with Crippen molar-refractivity contribution in [3.05, 3.63) is 87.4 Å². The van der Waals surface area contributed by atoms with Crippen LogP contribution in [0, 0.1) is 0 Å². The molecule has 1 N–H and O–H groups in total. The van der Waals surface area contributed by atoms with Gasteiger partial charge in [-0.05, 0) is 23.3 Å². The van der Waals surface area contributed by atoms with Gasteiger partial charge in [0.2, 0.25) is 0 Å². The van der Waals surface area contributed by atoms with Crippen molar-refractivity contribution in [3.63, 3.8) is 0 Å². The van der Waals surface area contributed by atoms with Crippen molar-refractivity contribution in [2.24, 2.45) is 0 Å². The Labute approximate surface area is 140 Å². The van der Waals surface area contributed by atoms with Gasteiger partial charge in [0.1, 0.15) is 5.82 Å². The Morgan fingerprint density at radius 2 is 1.82 bits per heavy atom. The first-order chi connectivity index (χ1) is 10.6. The summed E-state index contributed by atoms with van der Waals surface area (Å²) in [5.41, 5.74) is 3.42. The van der Waals surface area contributed by atoms with Crippen LogP contribution in [0.4, 0.5) is 0 Å². The van der Waals surface area contributed by atoms with Crippen LogP contribution in [0.25, 0.3) is 0 Å². The molecule has 0 aliphatic heterocycles. The summed E-state index contributed by atoms with van der Waals surface area (Å²) >= 11 is 12.0. The topological polar surface area (TPSA) is 28.7 Å². The Hall–Kier alpha value is -1.77. The molecule has 0 saturated heterocycles. The predicted octanol–water partition coefficient (Wildman–Crippen LogP) is 5.46. The highest BCUT2D eigenvalue weighted by Crippen LogP contribution is 2.25. The van der Waals surface area contributed by atoms with Gasteiger partial charge in [0.05, 0.1) is 10.0 Å². The van der Waals surface area contributed by atoms with E-state index in [4.69, 9.17) is 23.2 Å². The Morgan fingerprint density at radius 1 is 1.05 bits per heavy atom. The zero-order valence-electron chi connectivity index (χ0n) is 12.2. The van der Waals surface area contributed by atoms with E-state index in [-0.39, 0.29) is 5.92 Å². The summed E-state index contributed by atoms with van der Waals surface area (Å²) in [5.74, 6) is 1.21. The van der Waals surface area contributed by atoms with Crippen molar-refractivity contribution in [3.8, 4) is 0 Å². The molecule has 3 rings (SSSR count). The van der Waals surface area contributed by atoms with Crippen molar-refractivity contribution in [2.45, 2.75) is 19.3 Å². The minimum Gasteiger partial charge on any atom is -0.345 e. The Kier molecular flexibility index (Phi) is 4.51. The van der Waals surface area contributed by atoms with Crippen LogP contribution in [0.5, 0.6) is 0 Å². The molecule has 1 aromatic heterocycles. The number of nitrogens with zero attached hydrogens (tertiary/aromatic N) is 1. The minimum absolute atomic E-state index is 0.240. The smallest absolute Gasteiger partial charge is 0.113 e. The maximum Gasteiger partial charge on any atom is 0.113 e. The third-order valence-electron chi connectivity index (χ3n) is 3.74. The number of aromatic amines is 1. The monoisotopic (exact) mass is 330 g/mol. The Balaban J connectivity index is 1.77. The molecular weight excluding hydrogens is 315 g/mol. The number of hydrogen-bond donors (Lipinski definition) is 1. The van der Waals surface area contributed by atoms with Crippen molar-refractivity contribution < 1.29 is 0 Å². The van der Waals surface area contributed by atoms with E-state index in [0.29, 0.717) is 10.0 Å². The summed E-state index contributed by atoms with van der Waals surface area (Å²) in [5, 5.41) is 1.16. The van der Waals surface area contributed by atoms with E-state index in [1.165, 1.54) is 5.56 Å². The zero-order chi connectivity index (χ0) is 15.5. The summed E-state index contributed by atoms with van der Waals surface area (Å²) in [6.45, 7) is 2.15. The number of benzene rings is 2. The molecule has 0 saturated carbocycles. The molecule has 1 heterocycles. The molecule has 2 aromatic carbocycles. The Bertz CT molecular complexity index is 766. The fourth-order valence-electron chi connectivity index (χ4n) is 2.46. The lowest BCUT2D eigenvalue weighted by molar-refractivity contribution is 0.834. The van der Waals surface area contributed by atoms with E-state index in [1.54, 1.807) is 0 Å². The van der Waals surface area contributed by atoms with Gasteiger partial charge in [0, 0.05) is 24.2 Å². The van der Waals surface area contributed by atoms with Gasteiger partial charge in [-0.15, -0.1) is 0 Å². The quantitative estimate of drug-likeness (QED) is 0.676. The van der Waals surface area contributed by atoms with Crippen LogP contribution >= 0.6 is 23.2 Å². The maximum absolute atomic E-state index is 6.06. The van der Waals surface area contributed by atoms with Gasteiger partial charge >= 0.3 is 0 Å². The van der Waals surface area contributed by atoms with Crippen LogP contribution in [-0.2, 0) is 6.42 Å². The average Bonchev–Trinajstić information content (AvgIpc) is 2.99. The summed E-state index contributed by atoms with van der Waals surface area (Å²) in [7, 11) is 0. The predicted molar refractivity (Wildman–Crippen MR) is 91.8 cm³/mol. The van der Waals surface area contributed by atoms with E-state index < -0.39 is 0 Å². The van der Waals surface area contributed by atoms with Gasteiger partial charge in [-0.1, -0.05) is 66.5 Å². The summed E-state index contributed by atoms with van der Waals surface area (Å²) in [6, 6.07) is 16.0. The first-order valence-corrected chi connectivity index (χ1v) is 7.91. The molecule has 0 aliphatic carbocycles. The lowest BCUT2D eigenvalue weighted by Gasteiger charge is -2.08. The van der Waals surface area contributed by atoms with Gasteiger partial charge in [-0.2, -0.15) is 0 Å². The summed E-state index contributed by atoms with van der Waals surface area (Å²) in [6.07, 6.45) is 2.64. The van der Waals surface area contributed by atoms with Gasteiger partial charge < -0.3 is 4.98 Å². The largest absolute Gasteiger partial charge is 0.345 e. The van der Waals surface area contributed by atoms with Gasteiger partial charge in [0.25, 0.3) is 0 Å². The lowest BCUT2D eigenvalue weighted by Crippen LogP contribution is -1.98. The van der Waals surface area contributed by atoms with Crippen LogP contribution in [0.1, 0.15) is 35.5 Å². The summed E-state index contributed by atoms with van der Waals surface area (Å²) in [4.78, 5) is 7.92. The third-order valence-corrected chi connectivity index (χ3v) is 4.48. The maximum atomic E-state index is 6.06. The average molecular weight is 331 g/mol. The van der Waals surface area contributed by atoms with Gasteiger partial charge in [-0.25, -0.2) is 4.98 Å². The summed E-state index contributed by atoms with van der Waals surface area (Å²) < 4.78 is 0. The number of hydrogen-bond acceptors (Lipinski definition) is 1. The highest BCUT2D eigenvalue weighted by Gasteiger charge is 2.12. The second-order valence-corrected chi connectivity index (χ2v) is 6.17. The molecule has 0 fully saturated rings. The van der Waals surface area contributed by atoms with E-state index in [1.807, 2.05) is 42.6 Å². The van der Waals surface area contributed by atoms with Gasteiger partial charge in [0.15, 0.2) is 0 Å². The van der Waals surface area contributed by atoms with Crippen molar-refractivity contribution in [1.82, 2.24) is 9.97 Å². The lowest BCUT2D eigenvalue weighted by atomic mass is 10.0. The van der Waals surface area contributed by atoms with Crippen LogP contribution in [0.2, 0.25) is 10.0 Å². The molecule has 0 radical (unpaired) electrons. The van der Waals surface area contributed by atoms with Crippen molar-refractivity contribution >= 4 is 23.2 Å². The highest BCUT2D eigenvalue weighted by atomic mass is 35.5. The first-order valence-electron chi connectivity index (χ1n) is 7.16. The van der Waals surface area contributed by atoms with Crippen LogP contribution in [0.3, 0.4) is 0 Å². The fraction of sp³-hybridized carbons (Fsp3) is 0.167. The fourth-order valence-corrected chi connectivity index (χ4v) is 2.78. The molecule has 0 bridgehead atoms.